The molecule has 88 heavy (non-hydrogen) atoms. The van der Waals surface area contributed by atoms with E-state index in [1.54, 1.807) is 0 Å². The summed E-state index contributed by atoms with van der Waals surface area (Å²) in [5.41, 5.74) is 15.3. The van der Waals surface area contributed by atoms with Gasteiger partial charge in [0.05, 0.1) is 33.7 Å². The van der Waals surface area contributed by atoms with Crippen LogP contribution in [0.25, 0.3) is 43.2 Å². The second-order valence-corrected chi connectivity index (χ2v) is 24.2. The Kier molecular flexibility index (Phi) is 16.5. The van der Waals surface area contributed by atoms with Crippen LogP contribution in [-0.2, 0) is 29.5 Å². The summed E-state index contributed by atoms with van der Waals surface area (Å²) in [6.45, 7) is 16.8. The molecule has 3 saturated carbocycles. The minimum atomic E-state index is -0.299. The Morgan fingerprint density at radius 2 is 0.807 bits per heavy atom. The Labute approximate surface area is 516 Å². The highest BCUT2D eigenvalue weighted by Gasteiger charge is 2.49. The number of nitrogens with one attached hydrogen (secondary N) is 7. The third kappa shape index (κ3) is 11.4. The predicted octanol–water partition coefficient (Wildman–Crippen LogP) is 16.6. The second-order valence-electron chi connectivity index (χ2n) is 24.2. The molecule has 10 aromatic rings. The molecule has 11 nitrogen and oxygen atoms in total. The number of aromatic amines is 1. The van der Waals surface area contributed by atoms with E-state index in [2.05, 4.69) is 170 Å². The number of rotatable bonds is 9. The molecule has 9 aromatic carbocycles. The van der Waals surface area contributed by atoms with Crippen LogP contribution in [0.2, 0.25) is 0 Å². The normalized spacial score (nSPS) is 16.2. The van der Waals surface area contributed by atoms with Crippen molar-refractivity contribution in [3.63, 3.8) is 0 Å². The van der Waals surface area contributed by atoms with Crippen molar-refractivity contribution in [1.29, 1.82) is 0 Å². The van der Waals surface area contributed by atoms with Gasteiger partial charge in [-0.2, -0.15) is 0 Å². The molecule has 16 rings (SSSR count). The molecule has 448 valence electrons. The van der Waals surface area contributed by atoms with Gasteiger partial charge in [-0.05, 0) is 186 Å². The number of aryl methyl sites for hydroxylation is 5. The van der Waals surface area contributed by atoms with Crippen LogP contribution in [0.3, 0.4) is 0 Å². The van der Waals surface area contributed by atoms with Gasteiger partial charge in [-0.1, -0.05) is 161 Å². The molecule has 3 amide bonds. The number of carbonyl (C=O) groups is 4. The minimum absolute atomic E-state index is 0.00751. The van der Waals surface area contributed by atoms with Crippen LogP contribution in [-0.4, -0.2) is 48.1 Å². The van der Waals surface area contributed by atoms with Crippen molar-refractivity contribution < 1.29 is 19.2 Å². The maximum atomic E-state index is 13.3. The summed E-state index contributed by atoms with van der Waals surface area (Å²) < 4.78 is 0. The summed E-state index contributed by atoms with van der Waals surface area (Å²) in [7, 11) is 0. The average molecular weight is 1170 g/mol. The third-order valence-electron chi connectivity index (χ3n) is 18.6. The van der Waals surface area contributed by atoms with E-state index in [9.17, 15) is 19.2 Å². The van der Waals surface area contributed by atoms with Gasteiger partial charge in [-0.25, -0.2) is 0 Å². The Bertz CT molecular complexity index is 4170. The standard InChI is InChI=1S/C26H22N2O2.C24H24N2O.C23H23N3O.2C2H6/c1-15-13-20-18-9-10-23(29)24(18)27-22(20)14-19(15)25(30)28-26(11-12-26)21-8-4-6-16-5-2-3-7-17(16)21;1-16-14-18-8-5-13-25-22(18)15-20(16)23(27)26-24(11-12-24)21-10-4-7-17-6-2-3-9-19(17)21;1-15-13-20-21(25-12-11-24-20)14-18(15)22(27)26-23(9-10-23)19-8-4-6-16-5-2-3-7-17(16)19;2*1-2/h2-8,13-14,27H,9-12H2,1H3,(H,28,30);2-4,6-7,9-10,14-15,25H,5,8,11-13H2,1H3,(H,26,27);2-8,13-14,24-25H,9-12H2,1H3,(H,26,27);2*1-2H3. The molecular formula is C77H81N7O4. The van der Waals surface area contributed by atoms with Crippen molar-refractivity contribution in [1.82, 2.24) is 20.9 Å². The number of carbonyl (C=O) groups excluding carboxylic acids is 4. The largest absolute Gasteiger partial charge is 0.385 e. The smallest absolute Gasteiger partial charge is 0.252 e. The van der Waals surface area contributed by atoms with E-state index in [-0.39, 0.29) is 40.1 Å². The van der Waals surface area contributed by atoms with Crippen LogP contribution in [0.1, 0.15) is 165 Å². The molecule has 3 fully saturated rings. The fraction of sp³-hybridized carbons (Fsp3) is 0.299. The number of amides is 3. The number of H-pyrrole nitrogens is 1. The van der Waals surface area contributed by atoms with Crippen LogP contribution in [0.4, 0.5) is 17.1 Å². The quantitative estimate of drug-likeness (QED) is 0.0759. The Hall–Kier alpha value is -9.22. The van der Waals surface area contributed by atoms with Crippen molar-refractivity contribution >= 4 is 83.8 Å². The lowest BCUT2D eigenvalue weighted by molar-refractivity contribution is 0.0922. The number of fused-ring (bicyclic) bond motifs is 8. The molecule has 0 saturated heterocycles. The molecule has 0 radical (unpaired) electrons. The maximum absolute atomic E-state index is 13.3. The first kappa shape index (κ1) is 59.1. The molecule has 3 heterocycles. The Balaban J connectivity index is 0.000000125. The molecule has 7 N–H and O–H groups in total. The van der Waals surface area contributed by atoms with Crippen molar-refractivity contribution in [2.24, 2.45) is 0 Å². The highest BCUT2D eigenvalue weighted by molar-refractivity contribution is 6.08. The van der Waals surface area contributed by atoms with Crippen molar-refractivity contribution in [2.45, 2.75) is 129 Å². The van der Waals surface area contributed by atoms with E-state index >= 15 is 0 Å². The van der Waals surface area contributed by atoms with Crippen LogP contribution >= 0.6 is 0 Å². The van der Waals surface area contributed by atoms with Crippen LogP contribution in [0.15, 0.2) is 164 Å². The van der Waals surface area contributed by atoms with Crippen molar-refractivity contribution in [3.05, 3.63) is 231 Å². The molecule has 2 aliphatic heterocycles. The van der Waals surface area contributed by atoms with Gasteiger partial charge in [0.2, 0.25) is 0 Å². The minimum Gasteiger partial charge on any atom is -0.385 e. The molecule has 6 aliphatic rings. The van der Waals surface area contributed by atoms with E-state index in [4.69, 9.17) is 0 Å². The molecule has 0 unspecified atom stereocenters. The second kappa shape index (κ2) is 24.5. The zero-order valence-corrected chi connectivity index (χ0v) is 51.9. The van der Waals surface area contributed by atoms with Gasteiger partial charge in [-0.15, -0.1) is 0 Å². The van der Waals surface area contributed by atoms with Crippen molar-refractivity contribution in [3.8, 4) is 0 Å². The molecule has 1 aromatic heterocycles. The highest BCUT2D eigenvalue weighted by atomic mass is 16.2. The summed E-state index contributed by atoms with van der Waals surface area (Å²) in [6, 6.07) is 56.5. The zero-order chi connectivity index (χ0) is 61.3. The highest BCUT2D eigenvalue weighted by Crippen LogP contribution is 2.51. The summed E-state index contributed by atoms with van der Waals surface area (Å²) in [5, 5.41) is 28.6. The first-order valence-corrected chi connectivity index (χ1v) is 32.0. The lowest BCUT2D eigenvalue weighted by atomic mass is 9.95. The van der Waals surface area contributed by atoms with E-state index in [1.165, 1.54) is 54.6 Å². The van der Waals surface area contributed by atoms with E-state index in [1.807, 2.05) is 78.8 Å². The first-order valence-electron chi connectivity index (χ1n) is 32.0. The number of hydrogen-bond donors (Lipinski definition) is 7. The predicted molar refractivity (Wildman–Crippen MR) is 362 cm³/mol. The van der Waals surface area contributed by atoms with Crippen molar-refractivity contribution in [2.75, 3.05) is 35.6 Å². The number of ketones is 1. The SMILES string of the molecule is CC.CC.Cc1cc2c(cc1C(=O)NC1(c3cccc4ccccc34)CC1)NCCC2.Cc1cc2c(cc1C(=O)NC1(c3cccc4ccccc34)CC1)NCCN2.Cc1cc2c3c([nH]c2cc1C(=O)NC1(c2cccc4ccccc24)CC1)C(=O)CC3. The summed E-state index contributed by atoms with van der Waals surface area (Å²) in [5.74, 6) is 0.153. The lowest BCUT2D eigenvalue weighted by Gasteiger charge is -2.24. The van der Waals surface area contributed by atoms with Gasteiger partial charge in [0, 0.05) is 59.3 Å². The molecule has 11 heteroatoms. The average Bonchev–Trinajstić information content (AvgIpc) is 1.88. The van der Waals surface area contributed by atoms with Crippen LogP contribution in [0, 0.1) is 20.8 Å². The first-order chi connectivity index (χ1) is 42.9. The van der Waals surface area contributed by atoms with Gasteiger partial charge in [-0.3, -0.25) is 19.2 Å². The van der Waals surface area contributed by atoms with Gasteiger partial charge in [0.25, 0.3) is 17.7 Å². The van der Waals surface area contributed by atoms with Crippen LogP contribution < -0.4 is 31.9 Å². The molecule has 0 atom stereocenters. The van der Waals surface area contributed by atoms with E-state index < -0.39 is 0 Å². The fourth-order valence-corrected chi connectivity index (χ4v) is 13.6. The number of anilines is 3. The topological polar surface area (TPSA) is 156 Å². The molecule has 0 bridgehead atoms. The number of benzene rings is 9. The molecular weight excluding hydrogens is 1090 g/mol. The summed E-state index contributed by atoms with van der Waals surface area (Å²) >= 11 is 0. The van der Waals surface area contributed by atoms with E-state index in [0.29, 0.717) is 12.0 Å². The third-order valence-corrected chi connectivity index (χ3v) is 18.6. The maximum Gasteiger partial charge on any atom is 0.252 e. The number of Topliss-reactive ketones (excluding diaryl/α,β-unsaturated/α-hetero) is 1. The van der Waals surface area contributed by atoms with Crippen LogP contribution in [0.5, 0.6) is 0 Å². The zero-order valence-electron chi connectivity index (χ0n) is 51.9. The summed E-state index contributed by atoms with van der Waals surface area (Å²) in [4.78, 5) is 55.0. The molecule has 0 spiro atoms. The van der Waals surface area contributed by atoms with Gasteiger partial charge >= 0.3 is 0 Å². The number of hydrogen-bond acceptors (Lipinski definition) is 7. The number of aromatic nitrogens is 1. The van der Waals surface area contributed by atoms with Gasteiger partial charge in [0.15, 0.2) is 5.78 Å². The lowest BCUT2D eigenvalue weighted by Crippen LogP contribution is -2.35. The van der Waals surface area contributed by atoms with Gasteiger partial charge in [0.1, 0.15) is 0 Å². The van der Waals surface area contributed by atoms with Gasteiger partial charge < -0.3 is 36.9 Å². The molecule has 4 aliphatic carbocycles. The van der Waals surface area contributed by atoms with E-state index in [0.717, 1.165) is 144 Å². The fourth-order valence-electron chi connectivity index (χ4n) is 13.6. The Morgan fingerprint density at radius 1 is 0.409 bits per heavy atom. The summed E-state index contributed by atoms with van der Waals surface area (Å²) in [6.07, 6.45) is 9.44. The monoisotopic (exact) mass is 1170 g/mol. The Morgan fingerprint density at radius 3 is 1.28 bits per heavy atom.